The van der Waals surface area contributed by atoms with Crippen LogP contribution in [0.4, 0.5) is 4.79 Å². The van der Waals surface area contributed by atoms with Crippen molar-refractivity contribution >= 4 is 12.0 Å². The first kappa shape index (κ1) is 14.2. The molecule has 0 aliphatic heterocycles. The van der Waals surface area contributed by atoms with Gasteiger partial charge in [-0.3, -0.25) is 4.79 Å². The number of aliphatic carboxylic acids is 1. The Morgan fingerprint density at radius 3 is 2.26 bits per heavy atom. The summed E-state index contributed by atoms with van der Waals surface area (Å²) in [4.78, 5) is 26.4. The van der Waals surface area contributed by atoms with Gasteiger partial charge < -0.3 is 14.9 Å². The second-order valence-electron chi connectivity index (χ2n) is 5.92. The summed E-state index contributed by atoms with van der Waals surface area (Å²) in [5.74, 6) is -0.333. The molecule has 0 aromatic carbocycles. The summed E-state index contributed by atoms with van der Waals surface area (Å²) in [7, 11) is 1.80. The van der Waals surface area contributed by atoms with Crippen LogP contribution in [0, 0.1) is 5.92 Å². The van der Waals surface area contributed by atoms with Crippen LogP contribution >= 0.6 is 0 Å². The Morgan fingerprint density at radius 1 is 1.11 bits per heavy atom. The van der Waals surface area contributed by atoms with E-state index in [2.05, 4.69) is 0 Å². The Labute approximate surface area is 114 Å². The van der Waals surface area contributed by atoms with Gasteiger partial charge in [0.2, 0.25) is 0 Å². The van der Waals surface area contributed by atoms with Crippen molar-refractivity contribution in [3.8, 4) is 0 Å². The Morgan fingerprint density at radius 2 is 1.74 bits per heavy atom. The van der Waals surface area contributed by atoms with Crippen LogP contribution < -0.4 is 0 Å². The van der Waals surface area contributed by atoms with Crippen LogP contribution in [0.2, 0.25) is 0 Å². The zero-order valence-electron chi connectivity index (χ0n) is 11.7. The van der Waals surface area contributed by atoms with E-state index in [0.717, 1.165) is 19.4 Å². The van der Waals surface area contributed by atoms with Gasteiger partial charge in [-0.25, -0.2) is 4.79 Å². The normalized spacial score (nSPS) is 20.1. The molecule has 0 aromatic heterocycles. The molecule has 2 fully saturated rings. The van der Waals surface area contributed by atoms with Gasteiger partial charge in [-0.05, 0) is 31.6 Å². The summed E-state index contributed by atoms with van der Waals surface area (Å²) in [5, 5.41) is 8.90. The minimum Gasteiger partial charge on any atom is -0.480 e. The molecule has 0 radical (unpaired) electrons. The van der Waals surface area contributed by atoms with Crippen LogP contribution in [0.25, 0.3) is 0 Å². The van der Waals surface area contributed by atoms with E-state index >= 15 is 0 Å². The molecule has 2 aliphatic carbocycles. The minimum atomic E-state index is -0.925. The molecule has 5 nitrogen and oxygen atoms in total. The van der Waals surface area contributed by atoms with Crippen LogP contribution in [0.1, 0.15) is 44.9 Å². The Balaban J connectivity index is 1.86. The van der Waals surface area contributed by atoms with E-state index in [1.165, 1.54) is 37.0 Å². The molecule has 0 aromatic rings. The quantitative estimate of drug-likeness (QED) is 0.831. The molecule has 108 valence electrons. The molecule has 2 aliphatic rings. The Bertz CT molecular complexity index is 336. The third-order valence-corrected chi connectivity index (χ3v) is 4.12. The number of rotatable bonds is 5. The molecule has 0 saturated heterocycles. The van der Waals surface area contributed by atoms with Gasteiger partial charge in [0.15, 0.2) is 0 Å². The number of carboxylic acids is 1. The number of hydrogen-bond acceptors (Lipinski definition) is 2. The van der Waals surface area contributed by atoms with Crippen molar-refractivity contribution in [3.05, 3.63) is 0 Å². The molecule has 0 bridgehead atoms. The van der Waals surface area contributed by atoms with Crippen molar-refractivity contribution in [2.24, 2.45) is 5.92 Å². The molecule has 0 spiro atoms. The van der Waals surface area contributed by atoms with Gasteiger partial charge in [-0.1, -0.05) is 19.3 Å². The van der Waals surface area contributed by atoms with Crippen LogP contribution in [-0.4, -0.2) is 53.1 Å². The van der Waals surface area contributed by atoms with E-state index in [0.29, 0.717) is 5.92 Å². The van der Waals surface area contributed by atoms with Crippen molar-refractivity contribution in [3.63, 3.8) is 0 Å². The number of carboxylic acid groups (broad SMARTS) is 1. The van der Waals surface area contributed by atoms with Gasteiger partial charge in [-0.2, -0.15) is 0 Å². The number of urea groups is 1. The third-order valence-electron chi connectivity index (χ3n) is 4.12. The average Bonchev–Trinajstić information content (AvgIpc) is 3.20. The maximum absolute atomic E-state index is 12.3. The lowest BCUT2D eigenvalue weighted by molar-refractivity contribution is -0.137. The van der Waals surface area contributed by atoms with Gasteiger partial charge in [0.05, 0.1) is 0 Å². The molecule has 0 heterocycles. The van der Waals surface area contributed by atoms with Crippen molar-refractivity contribution in [2.75, 3.05) is 20.1 Å². The van der Waals surface area contributed by atoms with Crippen LogP contribution in [0.3, 0.4) is 0 Å². The Hall–Kier alpha value is -1.26. The monoisotopic (exact) mass is 268 g/mol. The number of nitrogens with zero attached hydrogens (tertiary/aromatic N) is 2. The molecule has 0 unspecified atom stereocenters. The Kier molecular flexibility index (Phi) is 4.66. The number of amides is 2. The summed E-state index contributed by atoms with van der Waals surface area (Å²) >= 11 is 0. The zero-order valence-corrected chi connectivity index (χ0v) is 11.7. The number of carbonyl (C=O) groups excluding carboxylic acids is 1. The molecule has 19 heavy (non-hydrogen) atoms. The van der Waals surface area contributed by atoms with Crippen molar-refractivity contribution < 1.29 is 14.7 Å². The predicted molar refractivity (Wildman–Crippen MR) is 72.0 cm³/mol. The molecule has 2 rings (SSSR count). The second-order valence-corrected chi connectivity index (χ2v) is 5.92. The molecular weight excluding hydrogens is 244 g/mol. The van der Waals surface area contributed by atoms with Gasteiger partial charge in [0.1, 0.15) is 6.54 Å². The fourth-order valence-electron chi connectivity index (χ4n) is 2.94. The lowest BCUT2D eigenvalue weighted by Gasteiger charge is -2.31. The summed E-state index contributed by atoms with van der Waals surface area (Å²) in [6.45, 7) is 0.597. The van der Waals surface area contributed by atoms with Crippen LogP contribution in [0.15, 0.2) is 0 Å². The SMILES string of the molecule is CN(CC1CCCCC1)C(=O)N(CC(=O)O)C1CC1. The van der Waals surface area contributed by atoms with E-state index in [1.54, 1.807) is 11.9 Å². The second kappa shape index (κ2) is 6.26. The van der Waals surface area contributed by atoms with Gasteiger partial charge in [-0.15, -0.1) is 0 Å². The first-order valence-electron chi connectivity index (χ1n) is 7.31. The molecule has 2 amide bonds. The molecular formula is C14H24N2O3. The first-order valence-corrected chi connectivity index (χ1v) is 7.31. The van der Waals surface area contributed by atoms with Crippen molar-refractivity contribution in [1.82, 2.24) is 9.80 Å². The summed E-state index contributed by atoms with van der Waals surface area (Å²) in [6.07, 6.45) is 8.09. The lowest BCUT2D eigenvalue weighted by Crippen LogP contribution is -2.46. The molecule has 5 heteroatoms. The number of hydrogen-bond donors (Lipinski definition) is 1. The van der Waals surface area contributed by atoms with Crippen molar-refractivity contribution in [1.29, 1.82) is 0 Å². The highest BCUT2D eigenvalue weighted by molar-refractivity contribution is 5.80. The topological polar surface area (TPSA) is 60.9 Å². The largest absolute Gasteiger partial charge is 0.480 e. The van der Waals surface area contributed by atoms with Gasteiger partial charge in [0, 0.05) is 19.6 Å². The van der Waals surface area contributed by atoms with Crippen LogP contribution in [-0.2, 0) is 4.79 Å². The highest BCUT2D eigenvalue weighted by Gasteiger charge is 2.35. The van der Waals surface area contributed by atoms with Gasteiger partial charge in [0.25, 0.3) is 0 Å². The van der Waals surface area contributed by atoms with Gasteiger partial charge >= 0.3 is 12.0 Å². The van der Waals surface area contributed by atoms with E-state index < -0.39 is 5.97 Å². The number of carbonyl (C=O) groups is 2. The fraction of sp³-hybridized carbons (Fsp3) is 0.857. The maximum Gasteiger partial charge on any atom is 0.323 e. The molecule has 2 saturated carbocycles. The summed E-state index contributed by atoms with van der Waals surface area (Å²) < 4.78 is 0. The summed E-state index contributed by atoms with van der Waals surface area (Å²) in [6, 6.07) is 0.0351. The highest BCUT2D eigenvalue weighted by Crippen LogP contribution is 2.28. The third kappa shape index (κ3) is 4.11. The van der Waals surface area contributed by atoms with Crippen molar-refractivity contribution in [2.45, 2.75) is 51.0 Å². The van der Waals surface area contributed by atoms with E-state index in [9.17, 15) is 9.59 Å². The molecule has 1 N–H and O–H groups in total. The van der Waals surface area contributed by atoms with E-state index in [-0.39, 0.29) is 18.6 Å². The van der Waals surface area contributed by atoms with E-state index in [1.807, 2.05) is 0 Å². The first-order chi connectivity index (χ1) is 9.08. The summed E-state index contributed by atoms with van der Waals surface area (Å²) in [5.41, 5.74) is 0. The predicted octanol–water partition coefficient (Wildman–Crippen LogP) is 2.17. The standard InChI is InChI=1S/C14H24N2O3/c1-15(9-11-5-3-2-4-6-11)14(19)16(10-13(17)18)12-7-8-12/h11-12H,2-10H2,1H3,(H,17,18). The smallest absolute Gasteiger partial charge is 0.323 e. The zero-order chi connectivity index (χ0) is 13.8. The minimum absolute atomic E-state index is 0.115. The lowest BCUT2D eigenvalue weighted by atomic mass is 9.89. The van der Waals surface area contributed by atoms with E-state index in [4.69, 9.17) is 5.11 Å². The highest BCUT2D eigenvalue weighted by atomic mass is 16.4. The molecule has 0 atom stereocenters. The maximum atomic E-state index is 12.3. The van der Waals surface area contributed by atoms with Crippen LogP contribution in [0.5, 0.6) is 0 Å². The average molecular weight is 268 g/mol. The fourth-order valence-corrected chi connectivity index (χ4v) is 2.94.